The summed E-state index contributed by atoms with van der Waals surface area (Å²) in [5.41, 5.74) is 8.58. The van der Waals surface area contributed by atoms with Gasteiger partial charge in [0.25, 0.3) is 0 Å². The summed E-state index contributed by atoms with van der Waals surface area (Å²) in [5.74, 6) is -0.110. The minimum absolute atomic E-state index is 0.201. The molecule has 3 rings (SSSR count). The van der Waals surface area contributed by atoms with E-state index in [1.54, 1.807) is 24.3 Å². The summed E-state index contributed by atoms with van der Waals surface area (Å²) in [6.07, 6.45) is 0. The van der Waals surface area contributed by atoms with E-state index in [1.807, 2.05) is 12.1 Å². The number of nitrogen functional groups attached to an aromatic ring is 1. The van der Waals surface area contributed by atoms with Crippen LogP contribution < -0.4 is 5.73 Å². The van der Waals surface area contributed by atoms with Crippen molar-refractivity contribution in [2.45, 2.75) is 0 Å². The number of nitrogens with two attached hydrogens (primary N) is 1. The van der Waals surface area contributed by atoms with Crippen LogP contribution in [0.5, 0.6) is 0 Å². The van der Waals surface area contributed by atoms with E-state index in [9.17, 15) is 4.39 Å². The van der Waals surface area contributed by atoms with E-state index in [0.717, 1.165) is 11.1 Å². The average molecular weight is 289 g/mol. The molecular weight excluding hydrogens is 279 g/mol. The standard InChI is InChI=1S/C15H10ClFN2O/c16-11-3-1-2-10(8-11)13-14(19-20-15(13)18)9-4-6-12(17)7-5-9/h1-8H,18H2. The van der Waals surface area contributed by atoms with Crippen LogP contribution in [-0.4, -0.2) is 5.16 Å². The van der Waals surface area contributed by atoms with Gasteiger partial charge in [-0.2, -0.15) is 0 Å². The molecule has 3 aromatic rings. The fraction of sp³-hybridized carbons (Fsp3) is 0. The Kier molecular flexibility index (Phi) is 3.16. The van der Waals surface area contributed by atoms with E-state index in [0.29, 0.717) is 16.3 Å². The Balaban J connectivity index is 2.17. The number of hydrogen-bond donors (Lipinski definition) is 1. The molecule has 0 radical (unpaired) electrons. The minimum Gasteiger partial charge on any atom is -0.367 e. The van der Waals surface area contributed by atoms with Crippen LogP contribution in [0.1, 0.15) is 0 Å². The molecule has 0 atom stereocenters. The fourth-order valence-corrected chi connectivity index (χ4v) is 2.22. The summed E-state index contributed by atoms with van der Waals surface area (Å²) in [6, 6.07) is 13.2. The van der Waals surface area contributed by atoms with Crippen molar-refractivity contribution in [1.82, 2.24) is 5.16 Å². The molecule has 0 saturated carbocycles. The summed E-state index contributed by atoms with van der Waals surface area (Å²) in [5, 5.41) is 4.55. The van der Waals surface area contributed by atoms with Gasteiger partial charge in [-0.25, -0.2) is 4.39 Å². The van der Waals surface area contributed by atoms with Crippen LogP contribution in [0.2, 0.25) is 5.02 Å². The maximum absolute atomic E-state index is 13.0. The molecule has 0 bridgehead atoms. The van der Waals surface area contributed by atoms with Crippen LogP contribution >= 0.6 is 11.6 Å². The van der Waals surface area contributed by atoms with E-state index in [2.05, 4.69) is 5.16 Å². The normalized spacial score (nSPS) is 10.7. The highest BCUT2D eigenvalue weighted by atomic mass is 35.5. The first-order chi connectivity index (χ1) is 9.65. The second kappa shape index (κ2) is 4.98. The molecule has 100 valence electrons. The van der Waals surface area contributed by atoms with Gasteiger partial charge in [-0.1, -0.05) is 28.9 Å². The Hall–Kier alpha value is -2.33. The predicted octanol–water partition coefficient (Wildman–Crippen LogP) is 4.38. The monoisotopic (exact) mass is 288 g/mol. The van der Waals surface area contributed by atoms with Crippen LogP contribution in [0.3, 0.4) is 0 Å². The van der Waals surface area contributed by atoms with Gasteiger partial charge in [0.05, 0.1) is 5.56 Å². The molecular formula is C15H10ClFN2O. The van der Waals surface area contributed by atoms with Gasteiger partial charge in [0.2, 0.25) is 5.88 Å². The van der Waals surface area contributed by atoms with Gasteiger partial charge >= 0.3 is 0 Å². The Morgan fingerprint density at radius 1 is 1.05 bits per heavy atom. The molecule has 5 heteroatoms. The molecule has 20 heavy (non-hydrogen) atoms. The van der Waals surface area contributed by atoms with Crippen LogP contribution in [-0.2, 0) is 0 Å². The lowest BCUT2D eigenvalue weighted by Crippen LogP contribution is -1.88. The average Bonchev–Trinajstić information content (AvgIpc) is 2.81. The van der Waals surface area contributed by atoms with Crippen molar-refractivity contribution in [3.8, 4) is 22.4 Å². The molecule has 0 fully saturated rings. The number of rotatable bonds is 2. The summed E-state index contributed by atoms with van der Waals surface area (Å²) >= 11 is 5.99. The molecule has 0 aliphatic carbocycles. The molecule has 0 unspecified atom stereocenters. The van der Waals surface area contributed by atoms with E-state index < -0.39 is 0 Å². The largest absolute Gasteiger partial charge is 0.367 e. The van der Waals surface area contributed by atoms with Crippen molar-refractivity contribution in [2.24, 2.45) is 0 Å². The Morgan fingerprint density at radius 2 is 1.80 bits per heavy atom. The molecule has 0 aliphatic heterocycles. The summed E-state index contributed by atoms with van der Waals surface area (Å²) in [6.45, 7) is 0. The smallest absolute Gasteiger partial charge is 0.230 e. The highest BCUT2D eigenvalue weighted by Crippen LogP contribution is 2.36. The van der Waals surface area contributed by atoms with Crippen LogP contribution in [0.15, 0.2) is 53.1 Å². The van der Waals surface area contributed by atoms with Crippen molar-refractivity contribution in [1.29, 1.82) is 0 Å². The number of nitrogens with zero attached hydrogens (tertiary/aromatic N) is 1. The summed E-state index contributed by atoms with van der Waals surface area (Å²) in [7, 11) is 0. The van der Waals surface area contributed by atoms with Gasteiger partial charge in [-0.15, -0.1) is 0 Å². The van der Waals surface area contributed by atoms with Crippen LogP contribution in [0, 0.1) is 5.82 Å². The molecule has 1 aromatic heterocycles. The zero-order chi connectivity index (χ0) is 14.1. The molecule has 2 N–H and O–H groups in total. The zero-order valence-electron chi connectivity index (χ0n) is 10.3. The third-order valence-electron chi connectivity index (χ3n) is 2.95. The minimum atomic E-state index is -0.311. The SMILES string of the molecule is Nc1onc(-c2ccc(F)cc2)c1-c1cccc(Cl)c1. The second-order valence-electron chi connectivity index (χ2n) is 4.29. The number of anilines is 1. The highest BCUT2D eigenvalue weighted by Gasteiger charge is 2.17. The number of benzene rings is 2. The van der Waals surface area contributed by atoms with E-state index in [1.165, 1.54) is 12.1 Å². The maximum atomic E-state index is 13.0. The van der Waals surface area contributed by atoms with E-state index in [-0.39, 0.29) is 11.7 Å². The number of hydrogen-bond acceptors (Lipinski definition) is 3. The molecule has 3 nitrogen and oxygen atoms in total. The quantitative estimate of drug-likeness (QED) is 0.761. The van der Waals surface area contributed by atoms with Crippen molar-refractivity contribution in [3.63, 3.8) is 0 Å². The van der Waals surface area contributed by atoms with Crippen molar-refractivity contribution in [2.75, 3.05) is 5.73 Å². The summed E-state index contributed by atoms with van der Waals surface area (Å²) in [4.78, 5) is 0. The van der Waals surface area contributed by atoms with Crippen LogP contribution in [0.25, 0.3) is 22.4 Å². The lowest BCUT2D eigenvalue weighted by molar-refractivity contribution is 0.439. The number of aromatic nitrogens is 1. The Labute approximate surface area is 119 Å². The molecule has 2 aromatic carbocycles. The third-order valence-corrected chi connectivity index (χ3v) is 3.18. The Bertz CT molecular complexity index is 753. The number of halogens is 2. The van der Waals surface area contributed by atoms with Gasteiger partial charge < -0.3 is 10.3 Å². The first kappa shape index (κ1) is 12.7. The van der Waals surface area contributed by atoms with Crippen LogP contribution in [0.4, 0.5) is 10.3 Å². The van der Waals surface area contributed by atoms with Crippen molar-refractivity contribution < 1.29 is 8.91 Å². The van der Waals surface area contributed by atoms with Gasteiger partial charge in [0.15, 0.2) is 0 Å². The molecule has 1 heterocycles. The van der Waals surface area contributed by atoms with E-state index >= 15 is 0 Å². The van der Waals surface area contributed by atoms with Gasteiger partial charge in [-0.3, -0.25) is 0 Å². The lowest BCUT2D eigenvalue weighted by Gasteiger charge is -2.03. The first-order valence-corrected chi connectivity index (χ1v) is 6.30. The predicted molar refractivity (Wildman–Crippen MR) is 76.8 cm³/mol. The first-order valence-electron chi connectivity index (χ1n) is 5.92. The van der Waals surface area contributed by atoms with E-state index in [4.69, 9.17) is 21.9 Å². The Morgan fingerprint density at radius 3 is 2.50 bits per heavy atom. The van der Waals surface area contributed by atoms with Gasteiger partial charge in [0, 0.05) is 10.6 Å². The second-order valence-corrected chi connectivity index (χ2v) is 4.72. The molecule has 0 spiro atoms. The third kappa shape index (κ3) is 2.26. The topological polar surface area (TPSA) is 52.0 Å². The van der Waals surface area contributed by atoms with Crippen molar-refractivity contribution >= 4 is 17.5 Å². The maximum Gasteiger partial charge on any atom is 0.230 e. The lowest BCUT2D eigenvalue weighted by atomic mass is 10.0. The highest BCUT2D eigenvalue weighted by molar-refractivity contribution is 6.30. The molecule has 0 saturated heterocycles. The fourth-order valence-electron chi connectivity index (χ4n) is 2.03. The summed E-state index contributed by atoms with van der Waals surface area (Å²) < 4.78 is 18.1. The molecule has 0 amide bonds. The van der Waals surface area contributed by atoms with Crippen molar-refractivity contribution in [3.05, 3.63) is 59.4 Å². The zero-order valence-corrected chi connectivity index (χ0v) is 11.1. The van der Waals surface area contributed by atoms with Gasteiger partial charge in [0.1, 0.15) is 11.5 Å². The van der Waals surface area contributed by atoms with Gasteiger partial charge in [-0.05, 0) is 42.0 Å². The molecule has 0 aliphatic rings.